The van der Waals surface area contributed by atoms with Crippen LogP contribution in [0, 0.1) is 44.1 Å². The quantitative estimate of drug-likeness (QED) is 0.0916. The van der Waals surface area contributed by atoms with Gasteiger partial charge in [-0.1, -0.05) is 6.04 Å². The van der Waals surface area contributed by atoms with Crippen LogP contribution in [0.25, 0.3) is 5.73 Å². The van der Waals surface area contributed by atoms with Gasteiger partial charge in [0.2, 0.25) is 0 Å². The van der Waals surface area contributed by atoms with Crippen LogP contribution in [0.1, 0.15) is 0 Å². The van der Waals surface area contributed by atoms with Crippen molar-refractivity contribution in [2.24, 2.45) is 0 Å². The summed E-state index contributed by atoms with van der Waals surface area (Å²) in [5.74, 6) is 0. The van der Waals surface area contributed by atoms with Crippen LogP contribution >= 0.6 is 0 Å². The molecular formula is C25H44AcNO20-. The van der Waals surface area contributed by atoms with E-state index in [1.807, 2.05) is 0 Å². The predicted molar refractivity (Wildman–Crippen MR) is 141 cm³/mol. The molecule has 4 aliphatic rings. The van der Waals surface area contributed by atoms with Crippen LogP contribution < -0.4 is 0 Å². The zero-order valence-electron chi connectivity index (χ0n) is 25.1. The van der Waals surface area contributed by atoms with Crippen molar-refractivity contribution in [3.05, 3.63) is 5.73 Å². The molecule has 20 unspecified atom stereocenters. The van der Waals surface area contributed by atoms with Crippen LogP contribution in [0.5, 0.6) is 0 Å². The SMILES string of the molecule is COC1OC(COC2OC(CO)C(O)C(O)C2O)C(O)C(OC2OC(CO)C(O)C(O)C2OC2OC(CO)C(O)C(O)C2[NH-])C1O.[Ac]. The Morgan fingerprint density at radius 1 is 0.489 bits per heavy atom. The predicted octanol–water partition coefficient (Wildman–Crippen LogP) is -8.03. The fraction of sp³-hybridized carbons (Fsp3) is 1.00. The molecule has 4 rings (SSSR count). The van der Waals surface area contributed by atoms with E-state index in [4.69, 9.17) is 43.6 Å². The monoisotopic (exact) mass is 905 g/mol. The molecule has 0 bridgehead atoms. The van der Waals surface area contributed by atoms with Crippen molar-refractivity contribution in [1.82, 2.24) is 0 Å². The number of nitrogens with one attached hydrogen (secondary N) is 1. The zero-order valence-corrected chi connectivity index (χ0v) is 29.8. The Morgan fingerprint density at radius 2 is 0.957 bits per heavy atom. The molecule has 4 heterocycles. The number of aliphatic hydroxyl groups is 12. The van der Waals surface area contributed by atoms with Gasteiger partial charge in [-0.15, -0.1) is 0 Å². The first-order valence-electron chi connectivity index (χ1n) is 14.5. The van der Waals surface area contributed by atoms with Gasteiger partial charge in [-0.3, -0.25) is 0 Å². The van der Waals surface area contributed by atoms with E-state index < -0.39 is 149 Å². The third-order valence-electron chi connectivity index (χ3n) is 8.44. The maximum Gasteiger partial charge on any atom is 0.187 e. The topological polar surface area (TPSA) is 340 Å². The van der Waals surface area contributed by atoms with Crippen molar-refractivity contribution in [2.45, 2.75) is 123 Å². The molecular weight excluding hydrogens is 861 g/mol. The van der Waals surface area contributed by atoms with Gasteiger partial charge in [-0.2, -0.15) is 0 Å². The minimum atomic E-state index is -1.92. The van der Waals surface area contributed by atoms with E-state index in [0.717, 1.165) is 7.11 Å². The van der Waals surface area contributed by atoms with Gasteiger partial charge in [0.25, 0.3) is 0 Å². The second-order valence-corrected chi connectivity index (χ2v) is 11.4. The summed E-state index contributed by atoms with van der Waals surface area (Å²) in [5.41, 5.74) is 8.19. The minimum Gasteiger partial charge on any atom is -0.668 e. The molecule has 47 heavy (non-hydrogen) atoms. The van der Waals surface area contributed by atoms with Gasteiger partial charge in [-0.25, -0.2) is 0 Å². The van der Waals surface area contributed by atoms with Crippen molar-refractivity contribution in [3.63, 3.8) is 0 Å². The van der Waals surface area contributed by atoms with Gasteiger partial charge < -0.3 is 105 Å². The normalized spacial score (nSPS) is 50.9. The molecule has 13 N–H and O–H groups in total. The fourth-order valence-electron chi connectivity index (χ4n) is 5.61. The van der Waals surface area contributed by atoms with Gasteiger partial charge in [0, 0.05) is 51.2 Å². The second-order valence-electron chi connectivity index (χ2n) is 11.4. The Bertz CT molecular complexity index is 943. The summed E-state index contributed by atoms with van der Waals surface area (Å²) in [6, 6.07) is -1.69. The number of hydrogen-bond donors (Lipinski definition) is 12. The first kappa shape index (κ1) is 42.0. The molecule has 0 amide bonds. The Labute approximate surface area is 303 Å². The summed E-state index contributed by atoms with van der Waals surface area (Å²) >= 11 is 0. The van der Waals surface area contributed by atoms with Crippen LogP contribution in [0.4, 0.5) is 0 Å². The molecule has 0 aliphatic carbocycles. The van der Waals surface area contributed by atoms with Crippen LogP contribution in [0.3, 0.4) is 0 Å². The minimum absolute atomic E-state index is 0. The number of methoxy groups -OCH3 is 1. The molecule has 21 nitrogen and oxygen atoms in total. The number of ether oxygens (including phenoxy) is 8. The van der Waals surface area contributed by atoms with Crippen LogP contribution in [-0.4, -0.2) is 218 Å². The molecule has 0 aromatic rings. The van der Waals surface area contributed by atoms with Crippen LogP contribution in [-0.2, 0) is 37.9 Å². The second kappa shape index (κ2) is 18.4. The van der Waals surface area contributed by atoms with Crippen molar-refractivity contribution in [1.29, 1.82) is 0 Å². The molecule has 22 heteroatoms. The average Bonchev–Trinajstić information content (AvgIpc) is 3.05. The van der Waals surface area contributed by atoms with Gasteiger partial charge in [0.1, 0.15) is 91.7 Å². The largest absolute Gasteiger partial charge is 0.668 e. The number of rotatable bonds is 11. The first-order chi connectivity index (χ1) is 21.8. The Kier molecular flexibility index (Phi) is 16.4. The van der Waals surface area contributed by atoms with Gasteiger partial charge in [0.15, 0.2) is 18.9 Å². The molecule has 0 aromatic carbocycles. The van der Waals surface area contributed by atoms with E-state index in [-0.39, 0.29) is 44.1 Å². The number of hydrogen-bond acceptors (Lipinski definition) is 20. The first-order valence-corrected chi connectivity index (χ1v) is 14.5. The summed E-state index contributed by atoms with van der Waals surface area (Å²) in [6.45, 7) is -2.95. The molecule has 0 aromatic heterocycles. The van der Waals surface area contributed by atoms with Gasteiger partial charge in [-0.05, 0) is 0 Å². The zero-order chi connectivity index (χ0) is 34.0. The van der Waals surface area contributed by atoms with Crippen molar-refractivity contribution >= 4 is 0 Å². The molecule has 4 saturated heterocycles. The van der Waals surface area contributed by atoms with E-state index in [1.165, 1.54) is 0 Å². The Morgan fingerprint density at radius 3 is 1.51 bits per heavy atom. The Hall–Kier alpha value is 0.602. The molecule has 1 radical (unpaired) electrons. The maximum absolute atomic E-state index is 11.2. The smallest absolute Gasteiger partial charge is 0.187 e. The Balaban J connectivity index is 0.00000600. The third kappa shape index (κ3) is 8.98. The van der Waals surface area contributed by atoms with E-state index in [2.05, 4.69) is 0 Å². The summed E-state index contributed by atoms with van der Waals surface area (Å²) in [5, 5.41) is 123. The average molecular weight is 906 g/mol. The molecule has 4 aliphatic heterocycles. The van der Waals surface area contributed by atoms with Gasteiger partial charge in [0.05, 0.1) is 32.5 Å². The van der Waals surface area contributed by atoms with Crippen molar-refractivity contribution in [3.8, 4) is 0 Å². The van der Waals surface area contributed by atoms with Crippen molar-refractivity contribution in [2.75, 3.05) is 33.5 Å². The maximum atomic E-state index is 11.2. The van der Waals surface area contributed by atoms with E-state index >= 15 is 0 Å². The molecule has 20 atom stereocenters. The van der Waals surface area contributed by atoms with Crippen LogP contribution in [0.2, 0.25) is 0 Å². The standard InChI is InChI=1S/C25H44NO20.Ac/c1-39-23-19(38)20(14(33)9(44-23)5-40-24-18(37)16(35)12(31)7(3-28)42-24)45-25-21(17(36)13(32)8(4-29)43-25)46-22-10(26)15(34)11(30)6(2-27)41-22;/h6-38H,2-5H2,1H3;/q-1;. The summed E-state index contributed by atoms with van der Waals surface area (Å²) in [4.78, 5) is 0. The van der Waals surface area contributed by atoms with E-state index in [9.17, 15) is 61.3 Å². The van der Waals surface area contributed by atoms with E-state index in [0.29, 0.717) is 0 Å². The summed E-state index contributed by atoms with van der Waals surface area (Å²) < 4.78 is 43.9. The van der Waals surface area contributed by atoms with Gasteiger partial charge >= 0.3 is 0 Å². The molecule has 273 valence electrons. The number of aliphatic hydroxyl groups excluding tert-OH is 12. The summed E-state index contributed by atoms with van der Waals surface area (Å²) in [7, 11) is 1.15. The van der Waals surface area contributed by atoms with Crippen LogP contribution in [0.15, 0.2) is 0 Å². The third-order valence-corrected chi connectivity index (χ3v) is 8.44. The molecule has 0 saturated carbocycles. The summed E-state index contributed by atoms with van der Waals surface area (Å²) in [6.07, 6.45) is -31.7. The van der Waals surface area contributed by atoms with E-state index in [1.54, 1.807) is 0 Å². The fourth-order valence-corrected chi connectivity index (χ4v) is 5.61. The molecule has 4 fully saturated rings. The molecule has 0 spiro atoms. The van der Waals surface area contributed by atoms with Crippen molar-refractivity contribution < 1.29 is 143 Å².